The smallest absolute Gasteiger partial charge is 0.242 e. The van der Waals surface area contributed by atoms with Gasteiger partial charge < -0.3 is 4.98 Å². The van der Waals surface area contributed by atoms with Crippen molar-refractivity contribution in [1.29, 1.82) is 0 Å². The number of fused-ring (bicyclic) bond motifs is 1. The SMILES string of the molecule is C=Cc1cccc2c(C(=O)C=O)[nH]cc12. The van der Waals surface area contributed by atoms with E-state index >= 15 is 0 Å². The molecule has 0 aliphatic heterocycles. The third-order valence-electron chi connectivity index (χ3n) is 2.34. The Labute approximate surface area is 86.4 Å². The molecule has 1 heterocycles. The Morgan fingerprint density at radius 3 is 2.80 bits per heavy atom. The molecule has 74 valence electrons. The Hall–Kier alpha value is -2.16. The first kappa shape index (κ1) is 9.40. The van der Waals surface area contributed by atoms with E-state index in [0.29, 0.717) is 12.0 Å². The highest BCUT2D eigenvalue weighted by molar-refractivity contribution is 6.35. The van der Waals surface area contributed by atoms with Crippen LogP contribution in [-0.4, -0.2) is 17.1 Å². The number of hydrogen-bond acceptors (Lipinski definition) is 2. The van der Waals surface area contributed by atoms with Gasteiger partial charge in [0.1, 0.15) is 0 Å². The predicted molar refractivity (Wildman–Crippen MR) is 58.8 cm³/mol. The minimum atomic E-state index is -0.536. The molecule has 15 heavy (non-hydrogen) atoms. The fourth-order valence-electron chi connectivity index (χ4n) is 1.63. The molecule has 1 aromatic carbocycles. The number of ketones is 1. The summed E-state index contributed by atoms with van der Waals surface area (Å²) in [5.74, 6) is -0.536. The van der Waals surface area contributed by atoms with E-state index in [4.69, 9.17) is 0 Å². The Morgan fingerprint density at radius 1 is 1.33 bits per heavy atom. The Bertz CT molecular complexity index is 552. The molecule has 0 fully saturated rings. The van der Waals surface area contributed by atoms with Crippen molar-refractivity contribution in [3.8, 4) is 0 Å². The lowest BCUT2D eigenvalue weighted by molar-refractivity contribution is -0.104. The molecule has 0 aliphatic carbocycles. The maximum atomic E-state index is 11.3. The molecule has 2 aromatic rings. The van der Waals surface area contributed by atoms with E-state index in [1.165, 1.54) is 0 Å². The highest BCUT2D eigenvalue weighted by atomic mass is 16.2. The first-order valence-corrected chi connectivity index (χ1v) is 4.50. The molecule has 0 aliphatic rings. The van der Waals surface area contributed by atoms with Crippen molar-refractivity contribution in [2.45, 2.75) is 0 Å². The fourth-order valence-corrected chi connectivity index (χ4v) is 1.63. The number of carbonyl (C=O) groups is 2. The van der Waals surface area contributed by atoms with Gasteiger partial charge in [0.05, 0.1) is 5.69 Å². The Balaban J connectivity index is 2.76. The summed E-state index contributed by atoms with van der Waals surface area (Å²) in [6.07, 6.45) is 3.74. The summed E-state index contributed by atoms with van der Waals surface area (Å²) < 4.78 is 0. The zero-order chi connectivity index (χ0) is 10.8. The molecular weight excluding hydrogens is 190 g/mol. The van der Waals surface area contributed by atoms with Crippen LogP contribution in [0.3, 0.4) is 0 Å². The van der Waals surface area contributed by atoms with Crippen LogP contribution in [0.15, 0.2) is 31.0 Å². The number of aldehydes is 1. The topological polar surface area (TPSA) is 49.9 Å². The number of aromatic amines is 1. The van der Waals surface area contributed by atoms with Gasteiger partial charge in [-0.1, -0.05) is 30.9 Å². The lowest BCUT2D eigenvalue weighted by Gasteiger charge is -1.96. The monoisotopic (exact) mass is 199 g/mol. The van der Waals surface area contributed by atoms with Crippen molar-refractivity contribution in [2.75, 3.05) is 0 Å². The summed E-state index contributed by atoms with van der Waals surface area (Å²) in [5, 5.41) is 1.65. The summed E-state index contributed by atoms with van der Waals surface area (Å²) in [6, 6.07) is 5.53. The normalized spacial score (nSPS) is 10.1. The second kappa shape index (κ2) is 3.53. The van der Waals surface area contributed by atoms with Crippen molar-refractivity contribution < 1.29 is 9.59 Å². The van der Waals surface area contributed by atoms with Crippen LogP contribution < -0.4 is 0 Å². The van der Waals surface area contributed by atoms with Gasteiger partial charge in [0.15, 0.2) is 6.29 Å². The maximum Gasteiger partial charge on any atom is 0.242 e. The molecule has 2 rings (SSSR count). The summed E-state index contributed by atoms with van der Waals surface area (Å²) in [4.78, 5) is 24.5. The second-order valence-electron chi connectivity index (χ2n) is 3.16. The number of carbonyl (C=O) groups excluding carboxylic acids is 2. The number of Topliss-reactive ketones (excluding diaryl/α,β-unsaturated/α-hetero) is 1. The van der Waals surface area contributed by atoms with Gasteiger partial charge in [0, 0.05) is 17.0 Å². The van der Waals surface area contributed by atoms with Gasteiger partial charge in [-0.3, -0.25) is 9.59 Å². The largest absolute Gasteiger partial charge is 0.357 e. The van der Waals surface area contributed by atoms with Gasteiger partial charge in [-0.25, -0.2) is 0 Å². The summed E-state index contributed by atoms with van der Waals surface area (Å²) in [6.45, 7) is 3.69. The van der Waals surface area contributed by atoms with E-state index in [1.807, 2.05) is 12.1 Å². The third kappa shape index (κ3) is 1.38. The van der Waals surface area contributed by atoms with Gasteiger partial charge in [-0.15, -0.1) is 0 Å². The number of H-pyrrole nitrogens is 1. The summed E-state index contributed by atoms with van der Waals surface area (Å²) in [5.41, 5.74) is 1.28. The molecule has 0 saturated heterocycles. The molecule has 0 amide bonds. The number of nitrogens with one attached hydrogen (secondary N) is 1. The van der Waals surface area contributed by atoms with Crippen LogP contribution >= 0.6 is 0 Å². The van der Waals surface area contributed by atoms with Crippen LogP contribution in [0.25, 0.3) is 16.8 Å². The van der Waals surface area contributed by atoms with Gasteiger partial charge in [0.2, 0.25) is 5.78 Å². The summed E-state index contributed by atoms with van der Waals surface area (Å²) >= 11 is 0. The van der Waals surface area contributed by atoms with Crippen LogP contribution in [0, 0.1) is 0 Å². The van der Waals surface area contributed by atoms with Crippen LogP contribution in [0.1, 0.15) is 16.1 Å². The van der Waals surface area contributed by atoms with Crippen molar-refractivity contribution in [3.63, 3.8) is 0 Å². The van der Waals surface area contributed by atoms with Gasteiger partial charge >= 0.3 is 0 Å². The first-order valence-electron chi connectivity index (χ1n) is 4.50. The standard InChI is InChI=1S/C12H9NO2/c1-2-8-4-3-5-9-10(8)6-13-12(9)11(15)7-14/h2-7,13H,1H2. The predicted octanol–water partition coefficient (Wildman–Crippen LogP) is 2.19. The van der Waals surface area contributed by atoms with Gasteiger partial charge in [-0.2, -0.15) is 0 Å². The second-order valence-corrected chi connectivity index (χ2v) is 3.16. The third-order valence-corrected chi connectivity index (χ3v) is 2.34. The summed E-state index contributed by atoms with van der Waals surface area (Å²) in [7, 11) is 0. The average Bonchev–Trinajstić information content (AvgIpc) is 2.71. The highest BCUT2D eigenvalue weighted by Gasteiger charge is 2.11. The van der Waals surface area contributed by atoms with Crippen LogP contribution in [0.2, 0.25) is 0 Å². The fraction of sp³-hybridized carbons (Fsp3) is 0. The zero-order valence-electron chi connectivity index (χ0n) is 7.99. The maximum absolute atomic E-state index is 11.3. The first-order chi connectivity index (χ1) is 7.27. The van der Waals surface area contributed by atoms with Crippen molar-refractivity contribution in [3.05, 3.63) is 42.2 Å². The quantitative estimate of drug-likeness (QED) is 0.468. The van der Waals surface area contributed by atoms with Gasteiger partial charge in [-0.05, 0) is 5.56 Å². The molecule has 0 unspecified atom stereocenters. The zero-order valence-corrected chi connectivity index (χ0v) is 7.99. The number of benzene rings is 1. The molecule has 3 heteroatoms. The average molecular weight is 199 g/mol. The van der Waals surface area contributed by atoms with E-state index in [0.717, 1.165) is 16.3 Å². The molecule has 0 radical (unpaired) electrons. The Morgan fingerprint density at radius 2 is 2.13 bits per heavy atom. The lowest BCUT2D eigenvalue weighted by atomic mass is 10.1. The minimum Gasteiger partial charge on any atom is -0.357 e. The molecule has 0 atom stereocenters. The number of hydrogen-bond donors (Lipinski definition) is 1. The van der Waals surface area contributed by atoms with E-state index in [1.54, 1.807) is 18.3 Å². The molecule has 0 saturated carbocycles. The van der Waals surface area contributed by atoms with Crippen molar-refractivity contribution in [2.24, 2.45) is 0 Å². The van der Waals surface area contributed by atoms with Crippen LogP contribution in [-0.2, 0) is 4.79 Å². The molecule has 1 aromatic heterocycles. The van der Waals surface area contributed by atoms with Crippen molar-refractivity contribution in [1.82, 2.24) is 4.98 Å². The van der Waals surface area contributed by atoms with E-state index < -0.39 is 5.78 Å². The van der Waals surface area contributed by atoms with E-state index in [2.05, 4.69) is 11.6 Å². The van der Waals surface area contributed by atoms with E-state index in [-0.39, 0.29) is 0 Å². The van der Waals surface area contributed by atoms with Crippen molar-refractivity contribution >= 4 is 28.9 Å². The van der Waals surface area contributed by atoms with Crippen LogP contribution in [0.5, 0.6) is 0 Å². The van der Waals surface area contributed by atoms with Crippen LogP contribution in [0.4, 0.5) is 0 Å². The molecule has 0 spiro atoms. The molecular formula is C12H9NO2. The highest BCUT2D eigenvalue weighted by Crippen LogP contribution is 2.22. The number of rotatable bonds is 3. The molecule has 3 nitrogen and oxygen atoms in total. The molecule has 1 N–H and O–H groups in total. The number of aromatic nitrogens is 1. The Kier molecular flexibility index (Phi) is 2.21. The van der Waals surface area contributed by atoms with E-state index in [9.17, 15) is 9.59 Å². The van der Waals surface area contributed by atoms with Gasteiger partial charge in [0.25, 0.3) is 0 Å². The minimum absolute atomic E-state index is 0.311. The molecule has 0 bridgehead atoms. The lowest BCUT2D eigenvalue weighted by Crippen LogP contribution is -2.00.